The van der Waals surface area contributed by atoms with Crippen molar-refractivity contribution in [2.24, 2.45) is 0 Å². The van der Waals surface area contributed by atoms with Crippen LogP contribution in [0.25, 0.3) is 0 Å². The summed E-state index contributed by atoms with van der Waals surface area (Å²) in [6.45, 7) is 3.80. The van der Waals surface area contributed by atoms with Crippen LogP contribution >= 0.6 is 11.8 Å². The molecule has 2 aliphatic rings. The summed E-state index contributed by atoms with van der Waals surface area (Å²) < 4.78 is 0. The van der Waals surface area contributed by atoms with Gasteiger partial charge in [-0.2, -0.15) is 0 Å². The maximum absolute atomic E-state index is 12.9. The maximum atomic E-state index is 12.9. The first-order valence-corrected chi connectivity index (χ1v) is 12.0. The highest BCUT2D eigenvalue weighted by Gasteiger charge is 2.24. The quantitative estimate of drug-likeness (QED) is 0.677. The first kappa shape index (κ1) is 21.9. The van der Waals surface area contributed by atoms with Crippen molar-refractivity contribution in [3.05, 3.63) is 59.2 Å². The summed E-state index contributed by atoms with van der Waals surface area (Å²) in [5.74, 6) is 0.0815. The number of fused-ring (bicyclic) bond motifs is 1. The van der Waals surface area contributed by atoms with Gasteiger partial charge in [0.05, 0.1) is 6.10 Å². The Balaban J connectivity index is 1.26. The van der Waals surface area contributed by atoms with Crippen molar-refractivity contribution < 1.29 is 14.7 Å². The summed E-state index contributed by atoms with van der Waals surface area (Å²) in [6, 6.07) is 13.6. The van der Waals surface area contributed by atoms with Gasteiger partial charge in [-0.3, -0.25) is 14.5 Å². The molecule has 6 nitrogen and oxygen atoms in total. The SMILES string of the molecule is CSc1ccc(C(O)CCN2CCN(C(=O)c3ccc4c(c3)CCC(=O)N4)CC2)cc1. The molecule has 2 aromatic carbocycles. The number of amides is 2. The molecule has 4 rings (SSSR count). The van der Waals surface area contributed by atoms with E-state index in [2.05, 4.69) is 10.2 Å². The van der Waals surface area contributed by atoms with Gasteiger partial charge < -0.3 is 15.3 Å². The molecule has 1 fully saturated rings. The number of hydrogen-bond acceptors (Lipinski definition) is 5. The molecule has 2 aliphatic heterocycles. The molecule has 1 saturated heterocycles. The number of aryl methyl sites for hydroxylation is 1. The predicted octanol–water partition coefficient (Wildman–Crippen LogP) is 3.17. The third kappa shape index (κ3) is 5.29. The van der Waals surface area contributed by atoms with Gasteiger partial charge in [-0.25, -0.2) is 0 Å². The average Bonchev–Trinajstić information content (AvgIpc) is 2.82. The van der Waals surface area contributed by atoms with Crippen LogP contribution in [0.3, 0.4) is 0 Å². The molecule has 0 radical (unpaired) electrons. The minimum absolute atomic E-state index is 0.0322. The highest BCUT2D eigenvalue weighted by molar-refractivity contribution is 7.98. The number of aliphatic hydroxyl groups is 1. The van der Waals surface area contributed by atoms with Crippen molar-refractivity contribution >= 4 is 29.3 Å². The average molecular weight is 440 g/mol. The highest BCUT2D eigenvalue weighted by Crippen LogP contribution is 2.25. The van der Waals surface area contributed by atoms with Crippen molar-refractivity contribution in [1.82, 2.24) is 9.80 Å². The number of anilines is 1. The summed E-state index contributed by atoms with van der Waals surface area (Å²) in [5, 5.41) is 13.4. The fourth-order valence-electron chi connectivity index (χ4n) is 4.17. The third-order valence-electron chi connectivity index (χ3n) is 6.13. The van der Waals surface area contributed by atoms with Crippen LogP contribution < -0.4 is 5.32 Å². The van der Waals surface area contributed by atoms with Gasteiger partial charge in [0.25, 0.3) is 5.91 Å². The molecule has 2 aromatic rings. The lowest BCUT2D eigenvalue weighted by Gasteiger charge is -2.35. The zero-order valence-electron chi connectivity index (χ0n) is 17.8. The summed E-state index contributed by atoms with van der Waals surface area (Å²) >= 11 is 1.69. The second-order valence-corrected chi connectivity index (χ2v) is 9.01. The number of thioether (sulfide) groups is 1. The topological polar surface area (TPSA) is 72.9 Å². The molecular formula is C24H29N3O3S. The minimum Gasteiger partial charge on any atom is -0.388 e. The van der Waals surface area contributed by atoms with Crippen molar-refractivity contribution in [3.8, 4) is 0 Å². The molecule has 2 amide bonds. The number of carbonyl (C=O) groups excluding carboxylic acids is 2. The molecule has 0 spiro atoms. The largest absolute Gasteiger partial charge is 0.388 e. The highest BCUT2D eigenvalue weighted by atomic mass is 32.2. The van der Waals surface area contributed by atoms with Crippen molar-refractivity contribution in [1.29, 1.82) is 0 Å². The summed E-state index contributed by atoms with van der Waals surface area (Å²) in [4.78, 5) is 29.9. The lowest BCUT2D eigenvalue weighted by molar-refractivity contribution is -0.116. The number of aliphatic hydroxyl groups excluding tert-OH is 1. The van der Waals surface area contributed by atoms with Gasteiger partial charge in [0.1, 0.15) is 0 Å². The molecule has 0 aromatic heterocycles. The molecule has 0 saturated carbocycles. The molecule has 0 bridgehead atoms. The second kappa shape index (κ2) is 9.85. The Morgan fingerprint density at radius 3 is 2.55 bits per heavy atom. The Morgan fingerprint density at radius 2 is 1.84 bits per heavy atom. The van der Waals surface area contributed by atoms with E-state index in [0.29, 0.717) is 37.9 Å². The molecule has 1 atom stereocenters. The Bertz CT molecular complexity index is 940. The molecule has 164 valence electrons. The van der Waals surface area contributed by atoms with Gasteiger partial charge in [-0.05, 0) is 60.6 Å². The number of hydrogen-bond donors (Lipinski definition) is 2. The van der Waals surface area contributed by atoms with Gasteiger partial charge in [-0.1, -0.05) is 12.1 Å². The second-order valence-electron chi connectivity index (χ2n) is 8.13. The van der Waals surface area contributed by atoms with Crippen LogP contribution in [0.5, 0.6) is 0 Å². The van der Waals surface area contributed by atoms with Crippen LogP contribution in [0.1, 0.15) is 40.4 Å². The van der Waals surface area contributed by atoms with Crippen LogP contribution in [0.15, 0.2) is 47.4 Å². The monoisotopic (exact) mass is 439 g/mol. The van der Waals surface area contributed by atoms with Gasteiger partial charge in [0, 0.05) is 55.3 Å². The van der Waals surface area contributed by atoms with Crippen molar-refractivity contribution in [2.75, 3.05) is 44.3 Å². The fourth-order valence-corrected chi connectivity index (χ4v) is 4.58. The number of rotatable bonds is 6. The van der Waals surface area contributed by atoms with Crippen molar-refractivity contribution in [2.45, 2.75) is 30.3 Å². The third-order valence-corrected chi connectivity index (χ3v) is 6.87. The van der Waals surface area contributed by atoms with E-state index in [0.717, 1.165) is 36.4 Å². The van der Waals surface area contributed by atoms with E-state index in [1.165, 1.54) is 4.90 Å². The number of benzene rings is 2. The maximum Gasteiger partial charge on any atom is 0.253 e. The Labute approximate surface area is 187 Å². The molecule has 2 heterocycles. The Hall–Kier alpha value is -2.35. The van der Waals surface area contributed by atoms with E-state index in [-0.39, 0.29) is 11.8 Å². The lowest BCUT2D eigenvalue weighted by atomic mass is 10.00. The summed E-state index contributed by atoms with van der Waals surface area (Å²) in [5.41, 5.74) is 3.49. The summed E-state index contributed by atoms with van der Waals surface area (Å²) in [6.07, 6.45) is 3.41. The van der Waals surface area contributed by atoms with Crippen molar-refractivity contribution in [3.63, 3.8) is 0 Å². The van der Waals surface area contributed by atoms with Crippen LogP contribution in [-0.4, -0.2) is 65.7 Å². The predicted molar refractivity (Wildman–Crippen MR) is 124 cm³/mol. The van der Waals surface area contributed by atoms with Gasteiger partial charge in [-0.15, -0.1) is 11.8 Å². The van der Waals surface area contributed by atoms with Crippen LogP contribution in [-0.2, 0) is 11.2 Å². The molecule has 1 unspecified atom stereocenters. The van der Waals surface area contributed by atoms with Crippen LogP contribution in [0, 0.1) is 0 Å². The van der Waals surface area contributed by atoms with E-state index in [9.17, 15) is 14.7 Å². The molecule has 31 heavy (non-hydrogen) atoms. The smallest absolute Gasteiger partial charge is 0.253 e. The fraction of sp³-hybridized carbons (Fsp3) is 0.417. The van der Waals surface area contributed by atoms with E-state index >= 15 is 0 Å². The molecular weight excluding hydrogens is 410 g/mol. The van der Waals surface area contributed by atoms with Crippen LogP contribution in [0.2, 0.25) is 0 Å². The minimum atomic E-state index is -0.466. The van der Waals surface area contributed by atoms with E-state index in [4.69, 9.17) is 0 Å². The van der Waals surface area contributed by atoms with Gasteiger partial charge in [0.15, 0.2) is 0 Å². The number of carbonyl (C=O) groups is 2. The first-order valence-electron chi connectivity index (χ1n) is 10.8. The lowest BCUT2D eigenvalue weighted by Crippen LogP contribution is -2.49. The zero-order valence-corrected chi connectivity index (χ0v) is 18.7. The van der Waals surface area contributed by atoms with E-state index < -0.39 is 6.10 Å². The number of nitrogens with zero attached hydrogens (tertiary/aromatic N) is 2. The standard InChI is InChI=1S/C24H29N3O3S/c1-31-20-6-2-17(3-7-20)22(28)10-11-26-12-14-27(15-13-26)24(30)19-4-8-21-18(16-19)5-9-23(29)25-21/h2-4,6-8,16,22,28H,5,9-15H2,1H3,(H,25,29). The Kier molecular flexibility index (Phi) is 6.95. The normalized spacial score (nSPS) is 17.7. The summed E-state index contributed by atoms with van der Waals surface area (Å²) in [7, 11) is 0. The van der Waals surface area contributed by atoms with Gasteiger partial charge >= 0.3 is 0 Å². The van der Waals surface area contributed by atoms with Crippen LogP contribution in [0.4, 0.5) is 5.69 Å². The molecule has 2 N–H and O–H groups in total. The first-order chi connectivity index (χ1) is 15.0. The zero-order chi connectivity index (χ0) is 21.8. The number of nitrogens with one attached hydrogen (secondary N) is 1. The molecule has 7 heteroatoms. The Morgan fingerprint density at radius 1 is 1.10 bits per heavy atom. The molecule has 0 aliphatic carbocycles. The van der Waals surface area contributed by atoms with Gasteiger partial charge in [0.2, 0.25) is 5.91 Å². The number of piperazine rings is 1. The van der Waals surface area contributed by atoms with E-state index in [1.807, 2.05) is 47.6 Å². The van der Waals surface area contributed by atoms with E-state index in [1.54, 1.807) is 17.8 Å².